The van der Waals surface area contributed by atoms with Crippen LogP contribution in [0.2, 0.25) is 0 Å². The van der Waals surface area contributed by atoms with Crippen molar-refractivity contribution < 1.29 is 27.9 Å². The third-order valence-electron chi connectivity index (χ3n) is 7.08. The van der Waals surface area contributed by atoms with E-state index in [0.717, 1.165) is 40.7 Å². The molecule has 7 nitrogen and oxygen atoms in total. The highest BCUT2D eigenvalue weighted by atomic mass is 19.3. The maximum Gasteiger partial charge on any atom is 0.407 e. The SMILES string of the molecule is CCN(CCc1cc2cc(-c3ccc(C(=O)N4CCC(F)(F)CC4)cn3)cc(C3CC3)c2o1)C(=O)O. The number of furan rings is 1. The van der Waals surface area contributed by atoms with Crippen LogP contribution < -0.4 is 0 Å². The minimum absolute atomic E-state index is 0.0420. The van der Waals surface area contributed by atoms with Gasteiger partial charge in [0.05, 0.1) is 11.3 Å². The molecular weight excluding hydrogens is 468 g/mol. The second-order valence-electron chi connectivity index (χ2n) is 9.66. The highest BCUT2D eigenvalue weighted by molar-refractivity contribution is 5.94. The van der Waals surface area contributed by atoms with E-state index in [9.17, 15) is 23.5 Å². The third kappa shape index (κ3) is 5.05. The van der Waals surface area contributed by atoms with E-state index in [1.165, 1.54) is 16.0 Å². The van der Waals surface area contributed by atoms with Crippen molar-refractivity contribution in [3.05, 3.63) is 53.4 Å². The second kappa shape index (κ2) is 9.52. The standard InChI is InChI=1S/C27H29F2N3O4/c1-2-31(26(34)35)10-7-21-14-20-13-19(15-22(17-3-4-17)24(20)36-21)23-6-5-18(16-30-23)25(33)32-11-8-27(28,29)9-12-32/h5-6,13-17H,2-4,7-12H2,1H3,(H,34,35). The van der Waals surface area contributed by atoms with E-state index in [1.807, 2.05) is 12.1 Å². The Hall–Kier alpha value is -3.49. The van der Waals surface area contributed by atoms with Crippen LogP contribution in [0.15, 0.2) is 40.9 Å². The van der Waals surface area contributed by atoms with Crippen molar-refractivity contribution >= 4 is 23.0 Å². The zero-order valence-electron chi connectivity index (χ0n) is 20.2. The first-order chi connectivity index (χ1) is 17.2. The Balaban J connectivity index is 1.37. The number of benzene rings is 1. The van der Waals surface area contributed by atoms with Crippen molar-refractivity contribution in [2.45, 2.75) is 50.9 Å². The number of nitrogens with zero attached hydrogens (tertiary/aromatic N) is 3. The van der Waals surface area contributed by atoms with E-state index in [-0.39, 0.29) is 31.8 Å². The van der Waals surface area contributed by atoms with Crippen LogP contribution in [0, 0.1) is 0 Å². The number of likely N-dealkylation sites (tertiary alicyclic amines) is 1. The topological polar surface area (TPSA) is 86.9 Å². The summed E-state index contributed by atoms with van der Waals surface area (Å²) in [5.41, 5.74) is 3.97. The number of aromatic nitrogens is 1. The highest BCUT2D eigenvalue weighted by Gasteiger charge is 2.36. The van der Waals surface area contributed by atoms with Gasteiger partial charge in [-0.2, -0.15) is 0 Å². The normalized spacial score (nSPS) is 17.4. The molecule has 0 spiro atoms. The van der Waals surface area contributed by atoms with Gasteiger partial charge >= 0.3 is 6.09 Å². The monoisotopic (exact) mass is 497 g/mol. The molecule has 9 heteroatoms. The van der Waals surface area contributed by atoms with Crippen molar-refractivity contribution in [2.24, 2.45) is 0 Å². The molecule has 1 aromatic carbocycles. The van der Waals surface area contributed by atoms with Gasteiger partial charge in [-0.3, -0.25) is 9.78 Å². The summed E-state index contributed by atoms with van der Waals surface area (Å²) < 4.78 is 33.0. The van der Waals surface area contributed by atoms with E-state index < -0.39 is 12.0 Å². The first-order valence-corrected chi connectivity index (χ1v) is 12.4. The van der Waals surface area contributed by atoms with Crippen LogP contribution in [0.5, 0.6) is 0 Å². The number of rotatable bonds is 7. The van der Waals surface area contributed by atoms with E-state index in [4.69, 9.17) is 4.42 Å². The number of carbonyl (C=O) groups is 2. The summed E-state index contributed by atoms with van der Waals surface area (Å²) in [4.78, 5) is 31.4. The second-order valence-corrected chi connectivity index (χ2v) is 9.66. The molecule has 190 valence electrons. The van der Waals surface area contributed by atoms with Crippen molar-refractivity contribution in [3.63, 3.8) is 0 Å². The lowest BCUT2D eigenvalue weighted by atomic mass is 10.0. The average molecular weight is 498 g/mol. The number of piperidine rings is 1. The Morgan fingerprint density at radius 2 is 1.94 bits per heavy atom. The number of alkyl halides is 2. The lowest BCUT2D eigenvalue weighted by molar-refractivity contribution is -0.0494. The minimum Gasteiger partial charge on any atom is -0.465 e. The van der Waals surface area contributed by atoms with Gasteiger partial charge in [-0.15, -0.1) is 0 Å². The molecule has 1 N–H and O–H groups in total. The maximum absolute atomic E-state index is 13.4. The number of likely N-dealkylation sites (N-methyl/N-ethyl adjacent to an activating group) is 1. The number of fused-ring (bicyclic) bond motifs is 1. The van der Waals surface area contributed by atoms with Gasteiger partial charge in [0.2, 0.25) is 0 Å². The molecule has 0 radical (unpaired) electrons. The van der Waals surface area contributed by atoms with Crippen LogP contribution in [-0.2, 0) is 6.42 Å². The molecule has 1 saturated carbocycles. The zero-order valence-corrected chi connectivity index (χ0v) is 20.2. The van der Waals surface area contributed by atoms with E-state index >= 15 is 0 Å². The highest BCUT2D eigenvalue weighted by Crippen LogP contribution is 2.45. The largest absolute Gasteiger partial charge is 0.465 e. The van der Waals surface area contributed by atoms with Crippen LogP contribution in [0.3, 0.4) is 0 Å². The molecule has 0 unspecified atom stereocenters. The molecule has 1 aliphatic carbocycles. The summed E-state index contributed by atoms with van der Waals surface area (Å²) in [6, 6.07) is 9.53. The van der Waals surface area contributed by atoms with Crippen LogP contribution in [0.4, 0.5) is 13.6 Å². The summed E-state index contributed by atoms with van der Waals surface area (Å²) in [7, 11) is 0. The Morgan fingerprint density at radius 1 is 1.19 bits per heavy atom. The maximum atomic E-state index is 13.4. The first kappa shape index (κ1) is 24.2. The first-order valence-electron chi connectivity index (χ1n) is 12.4. The number of carboxylic acid groups (broad SMARTS) is 1. The summed E-state index contributed by atoms with van der Waals surface area (Å²) in [6.45, 7) is 2.67. The minimum atomic E-state index is -2.70. The van der Waals surface area contributed by atoms with Gasteiger partial charge in [0.25, 0.3) is 11.8 Å². The molecule has 1 aliphatic heterocycles. The fourth-order valence-electron chi connectivity index (χ4n) is 4.75. The van der Waals surface area contributed by atoms with Gasteiger partial charge in [-0.25, -0.2) is 13.6 Å². The summed E-state index contributed by atoms with van der Waals surface area (Å²) in [5.74, 6) is -1.81. The predicted molar refractivity (Wildman–Crippen MR) is 130 cm³/mol. The third-order valence-corrected chi connectivity index (χ3v) is 7.08. The van der Waals surface area contributed by atoms with Crippen LogP contribution in [0.25, 0.3) is 22.2 Å². The van der Waals surface area contributed by atoms with Gasteiger partial charge in [0.1, 0.15) is 11.3 Å². The lowest BCUT2D eigenvalue weighted by Crippen LogP contribution is -2.42. The zero-order chi connectivity index (χ0) is 25.4. The van der Waals surface area contributed by atoms with Crippen LogP contribution >= 0.6 is 0 Å². The van der Waals surface area contributed by atoms with Gasteiger partial charge < -0.3 is 19.3 Å². The Morgan fingerprint density at radius 3 is 2.56 bits per heavy atom. The number of hydrogen-bond donors (Lipinski definition) is 1. The number of carbonyl (C=O) groups excluding carboxylic acids is 1. The molecule has 3 aromatic rings. The van der Waals surface area contributed by atoms with E-state index in [0.29, 0.717) is 36.7 Å². The molecule has 2 fully saturated rings. The van der Waals surface area contributed by atoms with Gasteiger partial charge in [0, 0.05) is 62.6 Å². The summed E-state index contributed by atoms with van der Waals surface area (Å²) in [6.07, 6.45) is 2.62. The van der Waals surface area contributed by atoms with Crippen molar-refractivity contribution in [2.75, 3.05) is 26.2 Å². The van der Waals surface area contributed by atoms with Gasteiger partial charge in [0.15, 0.2) is 0 Å². The summed E-state index contributed by atoms with van der Waals surface area (Å²) >= 11 is 0. The van der Waals surface area contributed by atoms with Crippen LogP contribution in [-0.4, -0.2) is 64.0 Å². The molecule has 5 rings (SSSR count). The number of hydrogen-bond acceptors (Lipinski definition) is 4. The molecule has 0 bridgehead atoms. The molecule has 0 atom stereocenters. The molecule has 36 heavy (non-hydrogen) atoms. The molecule has 2 aromatic heterocycles. The van der Waals surface area contributed by atoms with Crippen molar-refractivity contribution in [1.82, 2.24) is 14.8 Å². The van der Waals surface area contributed by atoms with Gasteiger partial charge in [-0.1, -0.05) is 0 Å². The quantitative estimate of drug-likeness (QED) is 0.447. The van der Waals surface area contributed by atoms with E-state index in [2.05, 4.69) is 11.1 Å². The van der Waals surface area contributed by atoms with Gasteiger partial charge in [-0.05, 0) is 61.6 Å². The van der Waals surface area contributed by atoms with Crippen LogP contribution in [0.1, 0.15) is 60.2 Å². The van der Waals surface area contributed by atoms with Crippen molar-refractivity contribution in [3.8, 4) is 11.3 Å². The van der Waals surface area contributed by atoms with E-state index in [1.54, 1.807) is 19.1 Å². The molecule has 2 amide bonds. The fraction of sp³-hybridized carbons (Fsp3) is 0.444. The molecule has 2 aliphatic rings. The number of halogens is 2. The Bertz CT molecular complexity index is 1270. The molecule has 1 saturated heterocycles. The fourth-order valence-corrected chi connectivity index (χ4v) is 4.75. The predicted octanol–water partition coefficient (Wildman–Crippen LogP) is 5.79. The number of amides is 2. The van der Waals surface area contributed by atoms with Crippen molar-refractivity contribution in [1.29, 1.82) is 0 Å². The average Bonchev–Trinajstić information content (AvgIpc) is 3.62. The Kier molecular flexibility index (Phi) is 6.40. The lowest BCUT2D eigenvalue weighted by Gasteiger charge is -2.31. The molecular formula is C27H29F2N3O4. The Labute approximate surface area is 207 Å². The smallest absolute Gasteiger partial charge is 0.407 e. The number of pyridine rings is 1. The summed E-state index contributed by atoms with van der Waals surface area (Å²) in [5, 5.41) is 10.2. The molecule has 3 heterocycles.